The highest BCUT2D eigenvalue weighted by molar-refractivity contribution is 5.95. The zero-order valence-electron chi connectivity index (χ0n) is 11.6. The van der Waals surface area contributed by atoms with E-state index in [1.54, 1.807) is 18.2 Å². The van der Waals surface area contributed by atoms with Crippen molar-refractivity contribution in [3.8, 4) is 11.5 Å². The van der Waals surface area contributed by atoms with Crippen molar-refractivity contribution in [2.24, 2.45) is 0 Å². The molecule has 0 bridgehead atoms. The molecule has 0 aliphatic carbocycles. The lowest BCUT2D eigenvalue weighted by atomic mass is 10.1. The minimum absolute atomic E-state index is 0. The summed E-state index contributed by atoms with van der Waals surface area (Å²) in [6, 6.07) is 5.56. The number of ether oxygens (including phenoxy) is 2. The molecule has 0 saturated heterocycles. The van der Waals surface area contributed by atoms with Crippen LogP contribution in [0.15, 0.2) is 18.2 Å². The minimum atomic E-state index is -0.0369. The van der Waals surface area contributed by atoms with Gasteiger partial charge in [-0.1, -0.05) is 34.1 Å². The fourth-order valence-corrected chi connectivity index (χ4v) is 2.29. The van der Waals surface area contributed by atoms with Crippen molar-refractivity contribution in [2.45, 2.75) is 53.0 Å². The molecule has 0 aromatic heterocycles. The maximum atomic E-state index is 12.2. The van der Waals surface area contributed by atoms with Gasteiger partial charge in [-0.15, -0.1) is 0 Å². The van der Waals surface area contributed by atoms with E-state index in [1.807, 2.05) is 0 Å². The normalized spacial score (nSPS) is 12.2. The highest BCUT2D eigenvalue weighted by Gasteiger charge is 2.17. The first-order valence-corrected chi connectivity index (χ1v) is 6.95. The van der Waals surface area contributed by atoms with E-state index in [9.17, 15) is 4.79 Å². The van der Waals surface area contributed by atoms with E-state index in [-0.39, 0.29) is 26.2 Å². The number of amides is 1. The Bertz CT molecular complexity index is 439. The SMILES string of the molecule is C.CCCC(CCC)NC(=O)c1ccc2c(c1)OCO2. The maximum Gasteiger partial charge on any atom is 0.251 e. The van der Waals surface area contributed by atoms with Crippen LogP contribution in [0, 0.1) is 0 Å². The number of carbonyl (C=O) groups is 1. The Labute approximate surface area is 121 Å². The summed E-state index contributed by atoms with van der Waals surface area (Å²) in [6.07, 6.45) is 4.19. The molecule has 0 radical (unpaired) electrons. The van der Waals surface area contributed by atoms with Crippen molar-refractivity contribution in [1.29, 1.82) is 0 Å². The molecule has 112 valence electrons. The Kier molecular flexibility index (Phi) is 6.36. The minimum Gasteiger partial charge on any atom is -0.454 e. The highest BCUT2D eigenvalue weighted by atomic mass is 16.7. The Morgan fingerprint density at radius 3 is 2.50 bits per heavy atom. The van der Waals surface area contributed by atoms with Crippen LogP contribution in [0.3, 0.4) is 0 Å². The molecule has 1 aromatic carbocycles. The second-order valence-electron chi connectivity index (χ2n) is 4.82. The predicted octanol–water partition coefficient (Wildman–Crippen LogP) is 3.75. The van der Waals surface area contributed by atoms with Crippen LogP contribution in [0.2, 0.25) is 0 Å². The molecule has 1 aliphatic rings. The quantitative estimate of drug-likeness (QED) is 0.862. The van der Waals surface area contributed by atoms with Gasteiger partial charge in [-0.25, -0.2) is 0 Å². The predicted molar refractivity (Wildman–Crippen MR) is 80.4 cm³/mol. The second kappa shape index (κ2) is 7.78. The van der Waals surface area contributed by atoms with Gasteiger partial charge in [0.05, 0.1) is 0 Å². The monoisotopic (exact) mass is 279 g/mol. The molecule has 0 saturated carbocycles. The molecule has 1 aromatic rings. The molecule has 0 fully saturated rings. The maximum absolute atomic E-state index is 12.2. The van der Waals surface area contributed by atoms with Crippen LogP contribution in [0.1, 0.15) is 57.3 Å². The first-order chi connectivity index (χ1) is 9.24. The van der Waals surface area contributed by atoms with Crippen molar-refractivity contribution < 1.29 is 14.3 Å². The Balaban J connectivity index is 0.00000200. The largest absolute Gasteiger partial charge is 0.454 e. The van der Waals surface area contributed by atoms with Gasteiger partial charge in [0, 0.05) is 11.6 Å². The molecule has 1 amide bonds. The van der Waals surface area contributed by atoms with E-state index in [0.717, 1.165) is 25.7 Å². The molecular weight excluding hydrogens is 254 g/mol. The topological polar surface area (TPSA) is 47.6 Å². The third kappa shape index (κ3) is 3.89. The van der Waals surface area contributed by atoms with E-state index >= 15 is 0 Å². The zero-order chi connectivity index (χ0) is 13.7. The van der Waals surface area contributed by atoms with Gasteiger partial charge in [0.15, 0.2) is 11.5 Å². The number of nitrogens with one attached hydrogen (secondary N) is 1. The van der Waals surface area contributed by atoms with Crippen LogP contribution >= 0.6 is 0 Å². The number of rotatable bonds is 6. The first kappa shape index (κ1) is 16.3. The molecule has 20 heavy (non-hydrogen) atoms. The summed E-state index contributed by atoms with van der Waals surface area (Å²) in [6.45, 7) is 4.50. The van der Waals surface area contributed by atoms with Crippen LogP contribution in [0.5, 0.6) is 11.5 Å². The number of carbonyl (C=O) groups excluding carboxylic acids is 1. The summed E-state index contributed by atoms with van der Waals surface area (Å²) in [5.41, 5.74) is 0.626. The van der Waals surface area contributed by atoms with Gasteiger partial charge in [0.25, 0.3) is 5.91 Å². The van der Waals surface area contributed by atoms with Crippen molar-refractivity contribution in [2.75, 3.05) is 6.79 Å². The number of hydrogen-bond acceptors (Lipinski definition) is 3. The van der Waals surface area contributed by atoms with Gasteiger partial charge in [0.2, 0.25) is 6.79 Å². The van der Waals surface area contributed by atoms with Crippen LogP contribution < -0.4 is 14.8 Å². The van der Waals surface area contributed by atoms with Gasteiger partial charge in [-0.05, 0) is 31.0 Å². The van der Waals surface area contributed by atoms with Gasteiger partial charge >= 0.3 is 0 Å². The van der Waals surface area contributed by atoms with Crippen LogP contribution in [-0.4, -0.2) is 18.7 Å². The standard InChI is InChI=1S/C15H21NO3.CH4/c1-3-5-12(6-4-2)16-15(17)11-7-8-13-14(9-11)19-10-18-13;/h7-9,12H,3-6,10H2,1-2H3,(H,16,17);1H4. The van der Waals surface area contributed by atoms with Crippen molar-refractivity contribution >= 4 is 5.91 Å². The van der Waals surface area contributed by atoms with Gasteiger partial charge in [0.1, 0.15) is 0 Å². The molecule has 1 N–H and O–H groups in total. The molecule has 1 heterocycles. The summed E-state index contributed by atoms with van der Waals surface area (Å²) in [5.74, 6) is 1.32. The summed E-state index contributed by atoms with van der Waals surface area (Å²) < 4.78 is 10.5. The lowest BCUT2D eigenvalue weighted by molar-refractivity contribution is 0.0932. The number of benzene rings is 1. The van der Waals surface area contributed by atoms with Gasteiger partial charge < -0.3 is 14.8 Å². The summed E-state index contributed by atoms with van der Waals surface area (Å²) >= 11 is 0. The Hall–Kier alpha value is -1.71. The Morgan fingerprint density at radius 2 is 1.85 bits per heavy atom. The van der Waals surface area contributed by atoms with Crippen molar-refractivity contribution in [3.63, 3.8) is 0 Å². The molecule has 0 spiro atoms. The average molecular weight is 279 g/mol. The van der Waals surface area contributed by atoms with Gasteiger partial charge in [-0.2, -0.15) is 0 Å². The molecule has 0 atom stereocenters. The molecule has 1 aliphatic heterocycles. The van der Waals surface area contributed by atoms with Gasteiger partial charge in [-0.3, -0.25) is 4.79 Å². The van der Waals surface area contributed by atoms with E-state index in [1.165, 1.54) is 0 Å². The van der Waals surface area contributed by atoms with E-state index in [4.69, 9.17) is 9.47 Å². The highest BCUT2D eigenvalue weighted by Crippen LogP contribution is 2.32. The second-order valence-corrected chi connectivity index (χ2v) is 4.82. The van der Waals surface area contributed by atoms with Crippen molar-refractivity contribution in [3.05, 3.63) is 23.8 Å². The first-order valence-electron chi connectivity index (χ1n) is 6.95. The fraction of sp³-hybridized carbons (Fsp3) is 0.562. The molecule has 2 rings (SSSR count). The lowest BCUT2D eigenvalue weighted by Gasteiger charge is -2.17. The van der Waals surface area contributed by atoms with E-state index in [2.05, 4.69) is 19.2 Å². The number of fused-ring (bicyclic) bond motifs is 1. The third-order valence-electron chi connectivity index (χ3n) is 3.24. The smallest absolute Gasteiger partial charge is 0.251 e. The number of hydrogen-bond donors (Lipinski definition) is 1. The molecular formula is C16H25NO3. The van der Waals surface area contributed by atoms with E-state index < -0.39 is 0 Å². The summed E-state index contributed by atoms with van der Waals surface area (Å²) in [7, 11) is 0. The van der Waals surface area contributed by atoms with Crippen molar-refractivity contribution in [1.82, 2.24) is 5.32 Å². The van der Waals surface area contributed by atoms with Crippen LogP contribution in [0.25, 0.3) is 0 Å². The molecule has 0 unspecified atom stereocenters. The van der Waals surface area contributed by atoms with E-state index in [0.29, 0.717) is 17.1 Å². The van der Waals surface area contributed by atoms with Crippen LogP contribution in [0.4, 0.5) is 0 Å². The third-order valence-corrected chi connectivity index (χ3v) is 3.24. The zero-order valence-corrected chi connectivity index (χ0v) is 11.6. The summed E-state index contributed by atoms with van der Waals surface area (Å²) in [5, 5.41) is 3.09. The Morgan fingerprint density at radius 1 is 1.20 bits per heavy atom. The average Bonchev–Trinajstić information content (AvgIpc) is 2.86. The fourth-order valence-electron chi connectivity index (χ4n) is 2.29. The summed E-state index contributed by atoms with van der Waals surface area (Å²) in [4.78, 5) is 12.2. The van der Waals surface area contributed by atoms with Crippen LogP contribution in [-0.2, 0) is 0 Å². The molecule has 4 nitrogen and oxygen atoms in total. The molecule has 4 heteroatoms. The lowest BCUT2D eigenvalue weighted by Crippen LogP contribution is -2.34.